The summed E-state index contributed by atoms with van der Waals surface area (Å²) in [7, 11) is 0. The van der Waals surface area contributed by atoms with E-state index in [0.717, 1.165) is 25.6 Å². The second kappa shape index (κ2) is 5.13. The maximum atomic E-state index is 9.33. The monoisotopic (exact) mass is 340 g/mol. The van der Waals surface area contributed by atoms with E-state index < -0.39 is 0 Å². The van der Waals surface area contributed by atoms with Crippen LogP contribution >= 0.6 is 31.9 Å². The Labute approximate surface area is 111 Å². The van der Waals surface area contributed by atoms with Crippen molar-refractivity contribution in [1.29, 1.82) is 0 Å². The first kappa shape index (κ1) is 11.8. The number of aliphatic hydroxyl groups is 1. The van der Waals surface area contributed by atoms with Gasteiger partial charge in [-0.05, 0) is 41.0 Å². The summed E-state index contributed by atoms with van der Waals surface area (Å²) < 4.78 is 2.04. The Morgan fingerprint density at radius 2 is 1.50 bits per heavy atom. The van der Waals surface area contributed by atoms with E-state index in [4.69, 9.17) is 0 Å². The Bertz CT molecular complexity index is 492. The van der Waals surface area contributed by atoms with Gasteiger partial charge >= 0.3 is 0 Å². The number of hydrogen-bond donors (Lipinski definition) is 1. The molecular formula is C13H10Br2O. The summed E-state index contributed by atoms with van der Waals surface area (Å²) in [4.78, 5) is 0. The zero-order valence-electron chi connectivity index (χ0n) is 8.45. The van der Waals surface area contributed by atoms with E-state index in [0.29, 0.717) is 0 Å². The summed E-state index contributed by atoms with van der Waals surface area (Å²) in [6.45, 7) is 0.0465. The van der Waals surface area contributed by atoms with E-state index in [9.17, 15) is 5.11 Å². The molecule has 0 radical (unpaired) electrons. The fraction of sp³-hybridized carbons (Fsp3) is 0.0769. The van der Waals surface area contributed by atoms with Crippen LogP contribution in [0, 0.1) is 0 Å². The van der Waals surface area contributed by atoms with E-state index in [1.165, 1.54) is 0 Å². The molecule has 2 rings (SSSR count). The van der Waals surface area contributed by atoms with Crippen LogP contribution in [-0.2, 0) is 6.61 Å². The Morgan fingerprint density at radius 1 is 0.875 bits per heavy atom. The predicted octanol–water partition coefficient (Wildman–Crippen LogP) is 4.37. The summed E-state index contributed by atoms with van der Waals surface area (Å²) in [5, 5.41) is 9.33. The Kier molecular flexibility index (Phi) is 3.79. The molecule has 0 spiro atoms. The van der Waals surface area contributed by atoms with Crippen molar-refractivity contribution in [2.24, 2.45) is 0 Å². The van der Waals surface area contributed by atoms with Crippen molar-refractivity contribution in [1.82, 2.24) is 0 Å². The van der Waals surface area contributed by atoms with Gasteiger partial charge in [0, 0.05) is 8.95 Å². The number of benzene rings is 2. The molecule has 1 nitrogen and oxygen atoms in total. The molecule has 0 aliphatic rings. The number of hydrogen-bond acceptors (Lipinski definition) is 1. The van der Waals surface area contributed by atoms with Gasteiger partial charge in [0.25, 0.3) is 0 Å². The lowest BCUT2D eigenvalue weighted by atomic mass is 10.0. The first-order chi connectivity index (χ1) is 7.70. The third kappa shape index (κ3) is 2.54. The molecule has 0 aliphatic carbocycles. The van der Waals surface area contributed by atoms with Gasteiger partial charge in [0.1, 0.15) is 0 Å². The predicted molar refractivity (Wildman–Crippen MR) is 73.2 cm³/mol. The van der Waals surface area contributed by atoms with E-state index in [-0.39, 0.29) is 6.61 Å². The highest BCUT2D eigenvalue weighted by atomic mass is 79.9. The lowest BCUT2D eigenvalue weighted by Gasteiger charge is -2.08. The van der Waals surface area contributed by atoms with E-state index >= 15 is 0 Å². The van der Waals surface area contributed by atoms with Crippen molar-refractivity contribution in [3.05, 3.63) is 57.0 Å². The van der Waals surface area contributed by atoms with Gasteiger partial charge in [-0.15, -0.1) is 0 Å². The quantitative estimate of drug-likeness (QED) is 0.859. The Balaban J connectivity index is 2.51. The summed E-state index contributed by atoms with van der Waals surface area (Å²) in [6.07, 6.45) is 0. The van der Waals surface area contributed by atoms with Crippen molar-refractivity contribution in [3.8, 4) is 11.1 Å². The van der Waals surface area contributed by atoms with Gasteiger partial charge in [-0.2, -0.15) is 0 Å². The molecule has 0 unspecified atom stereocenters. The molecule has 3 heteroatoms. The molecule has 0 saturated carbocycles. The topological polar surface area (TPSA) is 20.2 Å². The van der Waals surface area contributed by atoms with Crippen LogP contribution < -0.4 is 0 Å². The third-order valence-corrected chi connectivity index (χ3v) is 3.41. The van der Waals surface area contributed by atoms with Crippen molar-refractivity contribution in [3.63, 3.8) is 0 Å². The van der Waals surface area contributed by atoms with Crippen LogP contribution in [0.4, 0.5) is 0 Å². The number of rotatable bonds is 2. The van der Waals surface area contributed by atoms with E-state index in [2.05, 4.69) is 31.9 Å². The van der Waals surface area contributed by atoms with Crippen molar-refractivity contribution >= 4 is 31.9 Å². The van der Waals surface area contributed by atoms with Gasteiger partial charge in [0.05, 0.1) is 6.61 Å². The first-order valence-electron chi connectivity index (χ1n) is 4.86. The van der Waals surface area contributed by atoms with Gasteiger partial charge in [0.2, 0.25) is 0 Å². The normalized spacial score (nSPS) is 10.4. The highest BCUT2D eigenvalue weighted by molar-refractivity contribution is 9.10. The minimum atomic E-state index is 0.0465. The molecule has 0 aliphatic heterocycles. The van der Waals surface area contributed by atoms with Gasteiger partial charge in [-0.3, -0.25) is 0 Å². The zero-order valence-corrected chi connectivity index (χ0v) is 11.6. The van der Waals surface area contributed by atoms with Crippen LogP contribution in [0.1, 0.15) is 5.56 Å². The molecule has 0 atom stereocenters. The van der Waals surface area contributed by atoms with Crippen LogP contribution in [0.3, 0.4) is 0 Å². The third-order valence-electron chi connectivity index (χ3n) is 2.39. The Hall–Kier alpha value is -0.640. The van der Waals surface area contributed by atoms with Crippen LogP contribution in [0.2, 0.25) is 0 Å². The molecular weight excluding hydrogens is 332 g/mol. The van der Waals surface area contributed by atoms with Gasteiger partial charge in [-0.1, -0.05) is 50.1 Å². The number of halogens is 2. The van der Waals surface area contributed by atoms with Crippen LogP contribution in [0.5, 0.6) is 0 Å². The number of aliphatic hydroxyl groups excluding tert-OH is 1. The molecule has 0 saturated heterocycles. The Morgan fingerprint density at radius 3 is 2.12 bits per heavy atom. The highest BCUT2D eigenvalue weighted by Gasteiger charge is 2.04. The molecule has 0 amide bonds. The van der Waals surface area contributed by atoms with Gasteiger partial charge < -0.3 is 5.11 Å². The van der Waals surface area contributed by atoms with Crippen molar-refractivity contribution in [2.75, 3.05) is 0 Å². The maximum absolute atomic E-state index is 9.33. The lowest BCUT2D eigenvalue weighted by Crippen LogP contribution is -1.89. The lowest BCUT2D eigenvalue weighted by molar-refractivity contribution is 0.282. The van der Waals surface area contributed by atoms with Gasteiger partial charge in [-0.25, -0.2) is 0 Å². The summed E-state index contributed by atoms with van der Waals surface area (Å²) in [5.74, 6) is 0. The average Bonchev–Trinajstić information content (AvgIpc) is 2.30. The largest absolute Gasteiger partial charge is 0.392 e. The van der Waals surface area contributed by atoms with Gasteiger partial charge in [0.15, 0.2) is 0 Å². The zero-order chi connectivity index (χ0) is 11.5. The second-order valence-electron chi connectivity index (χ2n) is 3.47. The molecule has 2 aromatic rings. The molecule has 0 heterocycles. The highest BCUT2D eigenvalue weighted by Crippen LogP contribution is 2.27. The molecule has 82 valence electrons. The SMILES string of the molecule is OCc1cc(Br)ccc1-c1ccc(Br)cc1. The second-order valence-corrected chi connectivity index (χ2v) is 5.30. The average molecular weight is 342 g/mol. The standard InChI is InChI=1S/C13H10Br2O/c14-11-3-1-9(2-4-11)13-6-5-12(15)7-10(13)8-16/h1-7,16H,8H2. The first-order valence-corrected chi connectivity index (χ1v) is 6.44. The van der Waals surface area contributed by atoms with Crippen LogP contribution in [0.25, 0.3) is 11.1 Å². The molecule has 2 aromatic carbocycles. The molecule has 0 fully saturated rings. The van der Waals surface area contributed by atoms with Crippen LogP contribution in [0.15, 0.2) is 51.4 Å². The molecule has 0 bridgehead atoms. The maximum Gasteiger partial charge on any atom is 0.0688 e. The van der Waals surface area contributed by atoms with Crippen molar-refractivity contribution < 1.29 is 5.11 Å². The molecule has 16 heavy (non-hydrogen) atoms. The minimum Gasteiger partial charge on any atom is -0.392 e. The summed E-state index contributed by atoms with van der Waals surface area (Å²) >= 11 is 6.81. The molecule has 1 N–H and O–H groups in total. The van der Waals surface area contributed by atoms with E-state index in [1.807, 2.05) is 42.5 Å². The fourth-order valence-corrected chi connectivity index (χ4v) is 2.28. The molecule has 0 aromatic heterocycles. The minimum absolute atomic E-state index is 0.0465. The van der Waals surface area contributed by atoms with E-state index in [1.54, 1.807) is 0 Å². The van der Waals surface area contributed by atoms with Crippen LogP contribution in [-0.4, -0.2) is 5.11 Å². The smallest absolute Gasteiger partial charge is 0.0688 e. The fourth-order valence-electron chi connectivity index (χ4n) is 1.60. The summed E-state index contributed by atoms with van der Waals surface area (Å²) in [5.41, 5.74) is 3.11. The van der Waals surface area contributed by atoms with Crippen molar-refractivity contribution in [2.45, 2.75) is 6.61 Å². The summed E-state index contributed by atoms with van der Waals surface area (Å²) in [6, 6.07) is 14.0.